The predicted octanol–water partition coefficient (Wildman–Crippen LogP) is 2.39. The summed E-state index contributed by atoms with van der Waals surface area (Å²) < 4.78 is 5.63. The van der Waals surface area contributed by atoms with E-state index >= 15 is 0 Å². The Bertz CT molecular complexity index is 586. The molecule has 5 heteroatoms. The van der Waals surface area contributed by atoms with Crippen molar-refractivity contribution in [2.24, 2.45) is 5.92 Å². The monoisotopic (exact) mass is 332 g/mol. The molecule has 5 nitrogen and oxygen atoms in total. The summed E-state index contributed by atoms with van der Waals surface area (Å²) in [5.74, 6) is -0.201. The van der Waals surface area contributed by atoms with E-state index in [1.54, 1.807) is 6.07 Å². The zero-order valence-corrected chi connectivity index (χ0v) is 15.0. The minimum absolute atomic E-state index is 0.0206. The molecule has 1 N–H and O–H groups in total. The van der Waals surface area contributed by atoms with Crippen LogP contribution in [0.3, 0.4) is 0 Å². The van der Waals surface area contributed by atoms with E-state index in [1.165, 1.54) is 0 Å². The zero-order chi connectivity index (χ0) is 17.7. The number of hydrogen-bond donors (Lipinski definition) is 1. The fraction of sp³-hybridized carbons (Fsp3) is 0.579. The van der Waals surface area contributed by atoms with Crippen LogP contribution in [0.5, 0.6) is 0 Å². The number of ether oxygens (including phenoxy) is 1. The van der Waals surface area contributed by atoms with Crippen molar-refractivity contribution in [2.75, 3.05) is 19.7 Å². The first kappa shape index (κ1) is 18.5. The molecule has 2 rings (SSSR count). The first-order chi connectivity index (χ1) is 11.4. The number of aryl methyl sites for hydroxylation is 1. The summed E-state index contributed by atoms with van der Waals surface area (Å²) in [4.78, 5) is 27.2. The maximum absolute atomic E-state index is 12.9. The molecule has 0 bridgehead atoms. The van der Waals surface area contributed by atoms with Gasteiger partial charge in [-0.05, 0) is 31.4 Å². The number of benzene rings is 1. The molecule has 2 unspecified atom stereocenters. The van der Waals surface area contributed by atoms with Gasteiger partial charge in [0.05, 0.1) is 12.7 Å². The molecule has 0 saturated carbocycles. The standard InChI is InChI=1S/C19H28N2O3/c1-5-16-12-21(9-10-24-16)19(23)17(13(2)3)20-18(22)15-8-6-7-14(4)11-15/h6-8,11,13,16-17H,5,9-10,12H2,1-4H3,(H,20,22). The van der Waals surface area contributed by atoms with Gasteiger partial charge in [0.2, 0.25) is 5.91 Å². The van der Waals surface area contributed by atoms with E-state index in [9.17, 15) is 9.59 Å². The molecule has 1 aliphatic heterocycles. The Morgan fingerprint density at radius 1 is 1.38 bits per heavy atom. The highest BCUT2D eigenvalue weighted by Gasteiger charge is 2.31. The second kappa shape index (κ2) is 8.29. The van der Waals surface area contributed by atoms with Crippen molar-refractivity contribution in [3.63, 3.8) is 0 Å². The minimum atomic E-state index is -0.520. The molecule has 1 aromatic carbocycles. The summed E-state index contributed by atoms with van der Waals surface area (Å²) in [6, 6.07) is 6.88. The van der Waals surface area contributed by atoms with Crippen molar-refractivity contribution in [1.82, 2.24) is 10.2 Å². The van der Waals surface area contributed by atoms with Crippen molar-refractivity contribution in [3.05, 3.63) is 35.4 Å². The lowest BCUT2D eigenvalue weighted by molar-refractivity contribution is -0.142. The van der Waals surface area contributed by atoms with Gasteiger partial charge in [-0.2, -0.15) is 0 Å². The lowest BCUT2D eigenvalue weighted by Gasteiger charge is -2.35. The molecule has 2 amide bonds. The van der Waals surface area contributed by atoms with Crippen molar-refractivity contribution in [2.45, 2.75) is 46.3 Å². The van der Waals surface area contributed by atoms with Gasteiger partial charge in [0.1, 0.15) is 6.04 Å². The van der Waals surface area contributed by atoms with Gasteiger partial charge in [0.25, 0.3) is 5.91 Å². The largest absolute Gasteiger partial charge is 0.375 e. The molecule has 1 fully saturated rings. The van der Waals surface area contributed by atoms with Crippen LogP contribution in [0.25, 0.3) is 0 Å². The van der Waals surface area contributed by atoms with Gasteiger partial charge in [-0.15, -0.1) is 0 Å². The van der Waals surface area contributed by atoms with Crippen molar-refractivity contribution >= 4 is 11.8 Å². The summed E-state index contributed by atoms with van der Waals surface area (Å²) in [5, 5.41) is 2.92. The molecule has 0 radical (unpaired) electrons. The smallest absolute Gasteiger partial charge is 0.251 e. The normalized spacial score (nSPS) is 19.2. The Hall–Kier alpha value is -1.88. The number of nitrogens with one attached hydrogen (secondary N) is 1. The Morgan fingerprint density at radius 3 is 2.75 bits per heavy atom. The molecular formula is C19H28N2O3. The third-order valence-corrected chi connectivity index (χ3v) is 4.41. The number of hydrogen-bond acceptors (Lipinski definition) is 3. The fourth-order valence-corrected chi connectivity index (χ4v) is 2.89. The molecule has 1 aromatic rings. The number of rotatable bonds is 5. The second-order valence-electron chi connectivity index (χ2n) is 6.75. The third kappa shape index (κ3) is 4.57. The van der Waals surface area contributed by atoms with Crippen LogP contribution >= 0.6 is 0 Å². The number of nitrogens with zero attached hydrogens (tertiary/aromatic N) is 1. The molecule has 1 aliphatic rings. The quantitative estimate of drug-likeness (QED) is 0.901. The summed E-state index contributed by atoms with van der Waals surface area (Å²) in [6.07, 6.45) is 0.967. The van der Waals surface area contributed by atoms with E-state index < -0.39 is 6.04 Å². The Morgan fingerprint density at radius 2 is 2.12 bits per heavy atom. The number of carbonyl (C=O) groups excluding carboxylic acids is 2. The average Bonchev–Trinajstić information content (AvgIpc) is 2.58. The highest BCUT2D eigenvalue weighted by atomic mass is 16.5. The molecule has 132 valence electrons. The molecule has 1 heterocycles. The third-order valence-electron chi connectivity index (χ3n) is 4.41. The van der Waals surface area contributed by atoms with Crippen LogP contribution in [0.15, 0.2) is 24.3 Å². The molecule has 24 heavy (non-hydrogen) atoms. The first-order valence-corrected chi connectivity index (χ1v) is 8.70. The maximum atomic E-state index is 12.9. The number of carbonyl (C=O) groups is 2. The van der Waals surface area contributed by atoms with Crippen molar-refractivity contribution < 1.29 is 14.3 Å². The highest BCUT2D eigenvalue weighted by Crippen LogP contribution is 2.14. The van der Waals surface area contributed by atoms with Gasteiger partial charge >= 0.3 is 0 Å². The molecule has 0 aliphatic carbocycles. The lowest BCUT2D eigenvalue weighted by Crippen LogP contribution is -2.55. The maximum Gasteiger partial charge on any atom is 0.251 e. The van der Waals surface area contributed by atoms with Gasteiger partial charge in [-0.25, -0.2) is 0 Å². The van der Waals surface area contributed by atoms with E-state index in [-0.39, 0.29) is 23.8 Å². The van der Waals surface area contributed by atoms with E-state index in [1.807, 2.05) is 43.9 Å². The molecular weight excluding hydrogens is 304 g/mol. The van der Waals surface area contributed by atoms with Crippen molar-refractivity contribution in [1.29, 1.82) is 0 Å². The van der Waals surface area contributed by atoms with Crippen LogP contribution in [0.4, 0.5) is 0 Å². The summed E-state index contributed by atoms with van der Waals surface area (Å²) >= 11 is 0. The summed E-state index contributed by atoms with van der Waals surface area (Å²) in [6.45, 7) is 9.64. The zero-order valence-electron chi connectivity index (χ0n) is 15.0. The SMILES string of the molecule is CCC1CN(C(=O)C(NC(=O)c2cccc(C)c2)C(C)C)CCO1. The minimum Gasteiger partial charge on any atom is -0.375 e. The van der Waals surface area contributed by atoms with Crippen molar-refractivity contribution in [3.8, 4) is 0 Å². The van der Waals surface area contributed by atoms with E-state index in [0.29, 0.717) is 25.3 Å². The Kier molecular flexibility index (Phi) is 6.37. The van der Waals surface area contributed by atoms with Gasteiger partial charge in [0.15, 0.2) is 0 Å². The van der Waals surface area contributed by atoms with Crippen LogP contribution in [0.1, 0.15) is 43.1 Å². The molecule has 0 aromatic heterocycles. The topological polar surface area (TPSA) is 58.6 Å². The molecule has 0 spiro atoms. The fourth-order valence-electron chi connectivity index (χ4n) is 2.89. The Balaban J connectivity index is 2.08. The average molecular weight is 332 g/mol. The second-order valence-corrected chi connectivity index (χ2v) is 6.75. The predicted molar refractivity (Wildman–Crippen MR) is 93.9 cm³/mol. The summed E-state index contributed by atoms with van der Waals surface area (Å²) in [7, 11) is 0. The van der Waals surface area contributed by atoms with Gasteiger partial charge in [0, 0.05) is 18.7 Å². The highest BCUT2D eigenvalue weighted by molar-refractivity contribution is 5.97. The summed E-state index contributed by atoms with van der Waals surface area (Å²) in [5.41, 5.74) is 1.61. The van der Waals surface area contributed by atoms with E-state index in [0.717, 1.165) is 12.0 Å². The van der Waals surface area contributed by atoms with Gasteiger partial charge < -0.3 is 15.0 Å². The Labute approximate surface area is 144 Å². The van der Waals surface area contributed by atoms with Gasteiger partial charge in [-0.3, -0.25) is 9.59 Å². The van der Waals surface area contributed by atoms with Crippen LogP contribution in [-0.2, 0) is 9.53 Å². The van der Waals surface area contributed by atoms with Gasteiger partial charge in [-0.1, -0.05) is 38.5 Å². The van der Waals surface area contributed by atoms with Crippen LogP contribution in [0, 0.1) is 12.8 Å². The van der Waals surface area contributed by atoms with E-state index in [2.05, 4.69) is 12.2 Å². The first-order valence-electron chi connectivity index (χ1n) is 8.70. The van der Waals surface area contributed by atoms with Crippen LogP contribution in [-0.4, -0.2) is 48.6 Å². The van der Waals surface area contributed by atoms with Crippen LogP contribution < -0.4 is 5.32 Å². The molecule has 2 atom stereocenters. The molecule has 1 saturated heterocycles. The van der Waals surface area contributed by atoms with E-state index in [4.69, 9.17) is 4.74 Å². The number of amides is 2. The lowest BCUT2D eigenvalue weighted by atomic mass is 10.0. The number of morpholine rings is 1. The van der Waals surface area contributed by atoms with Crippen LogP contribution in [0.2, 0.25) is 0 Å².